The highest BCUT2D eigenvalue weighted by atomic mass is 16.3. The van der Waals surface area contributed by atoms with Gasteiger partial charge in [-0.25, -0.2) is 4.98 Å². The monoisotopic (exact) mass is 406 g/mol. The van der Waals surface area contributed by atoms with Crippen LogP contribution < -0.4 is 16.0 Å². The number of fused-ring (bicyclic) bond motifs is 1. The van der Waals surface area contributed by atoms with Crippen LogP contribution in [0.4, 0.5) is 17.5 Å². The normalized spacial score (nSPS) is 23.7. The molecule has 2 aromatic rings. The number of carbonyl (C=O) groups is 1. The molecule has 2 heterocycles. The Morgan fingerprint density at radius 1 is 1.40 bits per heavy atom. The van der Waals surface area contributed by atoms with Crippen molar-refractivity contribution in [3.05, 3.63) is 41.1 Å². The molecule has 0 radical (unpaired) electrons. The van der Waals surface area contributed by atoms with E-state index >= 15 is 0 Å². The highest BCUT2D eigenvalue weighted by Gasteiger charge is 2.47. The van der Waals surface area contributed by atoms with Crippen LogP contribution in [0.5, 0.6) is 0 Å². The van der Waals surface area contributed by atoms with Crippen LogP contribution in [-0.4, -0.2) is 39.7 Å². The predicted octanol–water partition coefficient (Wildman–Crippen LogP) is 2.77. The van der Waals surface area contributed by atoms with Crippen molar-refractivity contribution < 1.29 is 9.90 Å². The SMILES string of the molecule is Cc1cccc2c1NC(=O)C2CCNc1ncc(C#N)c(N[C@@H]2C[C@H](O)C2(C)C)n1. The first-order valence-electron chi connectivity index (χ1n) is 10.2. The molecular weight excluding hydrogens is 380 g/mol. The molecule has 1 fully saturated rings. The number of hydrogen-bond donors (Lipinski definition) is 4. The lowest BCUT2D eigenvalue weighted by Gasteiger charge is -2.49. The molecule has 8 nitrogen and oxygen atoms in total. The van der Waals surface area contributed by atoms with Crippen LogP contribution in [0.15, 0.2) is 24.4 Å². The lowest BCUT2D eigenvalue weighted by Crippen LogP contribution is -2.57. The van der Waals surface area contributed by atoms with Crippen LogP contribution in [-0.2, 0) is 4.79 Å². The van der Waals surface area contributed by atoms with Gasteiger partial charge in [0.1, 0.15) is 17.5 Å². The summed E-state index contributed by atoms with van der Waals surface area (Å²) >= 11 is 0. The van der Waals surface area contributed by atoms with Crippen LogP contribution >= 0.6 is 0 Å². The average Bonchev–Trinajstić information content (AvgIpc) is 3.05. The summed E-state index contributed by atoms with van der Waals surface area (Å²) in [6, 6.07) is 8.08. The maximum Gasteiger partial charge on any atom is 0.232 e. The van der Waals surface area contributed by atoms with Gasteiger partial charge < -0.3 is 21.1 Å². The smallest absolute Gasteiger partial charge is 0.232 e. The summed E-state index contributed by atoms with van der Waals surface area (Å²) in [5.41, 5.74) is 3.07. The highest BCUT2D eigenvalue weighted by molar-refractivity contribution is 6.03. The molecule has 0 saturated heterocycles. The molecule has 0 bridgehead atoms. The van der Waals surface area contributed by atoms with E-state index < -0.39 is 0 Å². The summed E-state index contributed by atoms with van der Waals surface area (Å²) in [6.45, 7) is 6.47. The largest absolute Gasteiger partial charge is 0.392 e. The van der Waals surface area contributed by atoms with E-state index in [2.05, 4.69) is 32.0 Å². The Morgan fingerprint density at radius 3 is 2.90 bits per heavy atom. The van der Waals surface area contributed by atoms with Crippen molar-refractivity contribution in [2.24, 2.45) is 5.41 Å². The molecule has 1 saturated carbocycles. The molecule has 4 N–H and O–H groups in total. The van der Waals surface area contributed by atoms with E-state index in [9.17, 15) is 15.2 Å². The van der Waals surface area contributed by atoms with Crippen molar-refractivity contribution >= 4 is 23.4 Å². The first-order chi connectivity index (χ1) is 14.3. The van der Waals surface area contributed by atoms with Gasteiger partial charge in [0.15, 0.2) is 0 Å². The molecular formula is C22H26N6O2. The van der Waals surface area contributed by atoms with Gasteiger partial charge in [0.25, 0.3) is 0 Å². The summed E-state index contributed by atoms with van der Waals surface area (Å²) in [6.07, 6.45) is 2.33. The van der Waals surface area contributed by atoms with Gasteiger partial charge in [-0.3, -0.25) is 4.79 Å². The second kappa shape index (κ2) is 7.58. The Kier molecular flexibility index (Phi) is 5.08. The van der Waals surface area contributed by atoms with Gasteiger partial charge in [-0.15, -0.1) is 0 Å². The zero-order valence-electron chi connectivity index (χ0n) is 17.4. The standard InChI is InChI=1S/C22H26N6O2/c1-12-5-4-6-14-15(20(30)27-18(12)14)7-8-24-21-25-11-13(10-23)19(28-21)26-16-9-17(29)22(16,2)3/h4-6,11,15-17,29H,7-9H2,1-3H3,(H,27,30)(H2,24,25,26,28)/t15?,16-,17+/m1/s1. The molecule has 0 spiro atoms. The lowest BCUT2D eigenvalue weighted by atomic mass is 9.64. The van der Waals surface area contributed by atoms with E-state index in [0.29, 0.717) is 36.7 Å². The van der Waals surface area contributed by atoms with Crippen molar-refractivity contribution in [2.75, 3.05) is 22.5 Å². The number of rotatable bonds is 6. The Balaban J connectivity index is 1.42. The topological polar surface area (TPSA) is 123 Å². The Bertz CT molecular complexity index is 1030. The van der Waals surface area contributed by atoms with E-state index in [1.165, 1.54) is 6.20 Å². The third-order valence-corrected chi connectivity index (χ3v) is 6.40. The van der Waals surface area contributed by atoms with E-state index in [1.807, 2.05) is 39.0 Å². The number of aliphatic hydroxyl groups is 1. The molecule has 156 valence electrons. The maximum atomic E-state index is 12.4. The van der Waals surface area contributed by atoms with Gasteiger partial charge in [-0.1, -0.05) is 32.0 Å². The number of para-hydroxylation sites is 1. The molecule has 8 heteroatoms. The maximum absolute atomic E-state index is 12.4. The number of hydrogen-bond acceptors (Lipinski definition) is 7. The zero-order valence-corrected chi connectivity index (χ0v) is 17.4. The van der Waals surface area contributed by atoms with Crippen molar-refractivity contribution in [1.82, 2.24) is 9.97 Å². The van der Waals surface area contributed by atoms with Crippen molar-refractivity contribution in [1.29, 1.82) is 5.26 Å². The summed E-state index contributed by atoms with van der Waals surface area (Å²) in [5, 5.41) is 28.7. The van der Waals surface area contributed by atoms with Gasteiger partial charge in [-0.05, 0) is 30.9 Å². The number of nitriles is 1. The molecule has 2 aliphatic rings. The highest BCUT2D eigenvalue weighted by Crippen LogP contribution is 2.42. The van der Waals surface area contributed by atoms with Crippen LogP contribution in [0.2, 0.25) is 0 Å². The van der Waals surface area contributed by atoms with Gasteiger partial charge >= 0.3 is 0 Å². The number of aryl methyl sites for hydroxylation is 1. The van der Waals surface area contributed by atoms with Crippen molar-refractivity contribution in [3.63, 3.8) is 0 Å². The number of carbonyl (C=O) groups excluding carboxylic acids is 1. The molecule has 1 aromatic heterocycles. The second-order valence-corrected chi connectivity index (χ2v) is 8.63. The van der Waals surface area contributed by atoms with Crippen LogP contribution in [0.1, 0.15) is 49.3 Å². The van der Waals surface area contributed by atoms with Gasteiger partial charge in [0.2, 0.25) is 11.9 Å². The molecule has 30 heavy (non-hydrogen) atoms. The van der Waals surface area contributed by atoms with E-state index in [4.69, 9.17) is 0 Å². The van der Waals surface area contributed by atoms with E-state index in [-0.39, 0.29) is 29.4 Å². The first kappa shape index (κ1) is 20.1. The number of aromatic nitrogens is 2. The summed E-state index contributed by atoms with van der Waals surface area (Å²) < 4.78 is 0. The molecule has 4 rings (SSSR count). The molecule has 1 amide bonds. The fourth-order valence-electron chi connectivity index (χ4n) is 4.09. The molecule has 1 aromatic carbocycles. The number of amides is 1. The van der Waals surface area contributed by atoms with Crippen molar-refractivity contribution in [3.8, 4) is 6.07 Å². The molecule has 1 aliphatic heterocycles. The van der Waals surface area contributed by atoms with Gasteiger partial charge in [0, 0.05) is 23.7 Å². The van der Waals surface area contributed by atoms with E-state index in [0.717, 1.165) is 16.8 Å². The summed E-state index contributed by atoms with van der Waals surface area (Å²) in [5.74, 6) is 0.659. The van der Waals surface area contributed by atoms with Crippen LogP contribution in [0, 0.1) is 23.7 Å². The Labute approximate surface area is 175 Å². The van der Waals surface area contributed by atoms with Gasteiger partial charge in [-0.2, -0.15) is 10.2 Å². The number of anilines is 3. The fraction of sp³-hybridized carbons (Fsp3) is 0.455. The fourth-order valence-corrected chi connectivity index (χ4v) is 4.09. The minimum atomic E-state index is -0.371. The van der Waals surface area contributed by atoms with Crippen LogP contribution in [0.25, 0.3) is 0 Å². The average molecular weight is 406 g/mol. The minimum absolute atomic E-state index is 0.00924. The quantitative estimate of drug-likeness (QED) is 0.582. The van der Waals surface area contributed by atoms with E-state index in [1.54, 1.807) is 0 Å². The summed E-state index contributed by atoms with van der Waals surface area (Å²) in [7, 11) is 0. The third-order valence-electron chi connectivity index (χ3n) is 6.40. The molecule has 1 unspecified atom stereocenters. The summed E-state index contributed by atoms with van der Waals surface area (Å²) in [4.78, 5) is 21.1. The minimum Gasteiger partial charge on any atom is -0.392 e. The number of benzene rings is 1. The van der Waals surface area contributed by atoms with Gasteiger partial charge in [0.05, 0.1) is 18.2 Å². The van der Waals surface area contributed by atoms with Crippen molar-refractivity contribution in [2.45, 2.75) is 51.7 Å². The molecule has 1 aliphatic carbocycles. The molecule has 3 atom stereocenters. The second-order valence-electron chi connectivity index (χ2n) is 8.63. The lowest BCUT2D eigenvalue weighted by molar-refractivity contribution is -0.117. The predicted molar refractivity (Wildman–Crippen MR) is 114 cm³/mol. The zero-order chi connectivity index (χ0) is 21.5. The third kappa shape index (κ3) is 3.46. The first-order valence-corrected chi connectivity index (χ1v) is 10.2. The number of nitrogens with zero attached hydrogens (tertiary/aromatic N) is 3. The van der Waals surface area contributed by atoms with Crippen LogP contribution in [0.3, 0.4) is 0 Å². The Hall–Kier alpha value is -3.18. The number of nitrogens with one attached hydrogen (secondary N) is 3. The Morgan fingerprint density at radius 2 is 2.20 bits per heavy atom. The number of aliphatic hydroxyl groups excluding tert-OH is 1.